The van der Waals surface area contributed by atoms with E-state index in [4.69, 9.17) is 14.3 Å². The van der Waals surface area contributed by atoms with Gasteiger partial charge in [0.15, 0.2) is 0 Å². The van der Waals surface area contributed by atoms with E-state index in [0.29, 0.717) is 25.9 Å². The smallest absolute Gasteiger partial charge is 0.290 e. The Balaban J connectivity index is 0.000000858. The predicted molar refractivity (Wildman–Crippen MR) is 115 cm³/mol. The zero-order valence-electron chi connectivity index (χ0n) is 18.2. The molecule has 2 fully saturated rings. The number of furan rings is 1. The largest absolute Gasteiger partial charge is 0.483 e. The van der Waals surface area contributed by atoms with Gasteiger partial charge in [-0.2, -0.15) is 0 Å². The molecule has 168 valence electrons. The van der Waals surface area contributed by atoms with Crippen molar-refractivity contribution >= 4 is 29.3 Å². The number of rotatable bonds is 2. The summed E-state index contributed by atoms with van der Waals surface area (Å²) < 4.78 is 5.80. The summed E-state index contributed by atoms with van der Waals surface area (Å²) in [6.07, 6.45) is 3.11. The number of hydrogen-bond donors (Lipinski definition) is 3. The zero-order chi connectivity index (χ0) is 22.8. The molecule has 31 heavy (non-hydrogen) atoms. The van der Waals surface area contributed by atoms with Gasteiger partial charge in [0.2, 0.25) is 11.8 Å². The Hall–Kier alpha value is -2.87. The minimum Gasteiger partial charge on any atom is -0.483 e. The van der Waals surface area contributed by atoms with Crippen LogP contribution in [-0.2, 0) is 20.8 Å². The number of nitrogens with one attached hydrogen (secondary N) is 1. The van der Waals surface area contributed by atoms with Crippen LogP contribution in [0.25, 0.3) is 11.0 Å². The fourth-order valence-corrected chi connectivity index (χ4v) is 4.85. The molecule has 1 aromatic heterocycles. The predicted octanol–water partition coefficient (Wildman–Crippen LogP) is 2.09. The molecule has 2 aromatic rings. The van der Waals surface area contributed by atoms with Crippen LogP contribution in [0.15, 0.2) is 16.7 Å². The number of carbonyl (C=O) groups excluding carboxylic acids is 2. The average Bonchev–Trinajstić information content (AvgIpc) is 3.15. The van der Waals surface area contributed by atoms with Crippen LogP contribution in [0, 0.1) is 26.2 Å². The summed E-state index contributed by atoms with van der Waals surface area (Å²) in [7, 11) is 0. The first-order valence-corrected chi connectivity index (χ1v) is 10.5. The molecule has 2 aliphatic rings. The minimum absolute atomic E-state index is 0.0232. The van der Waals surface area contributed by atoms with Crippen molar-refractivity contribution in [3.8, 4) is 0 Å². The van der Waals surface area contributed by atoms with Crippen LogP contribution < -0.4 is 5.32 Å². The van der Waals surface area contributed by atoms with Gasteiger partial charge in [0.25, 0.3) is 6.47 Å². The lowest BCUT2D eigenvalue weighted by molar-refractivity contribution is -0.154. The summed E-state index contributed by atoms with van der Waals surface area (Å²) in [4.78, 5) is 35.7. The van der Waals surface area contributed by atoms with Crippen LogP contribution in [0.3, 0.4) is 0 Å². The number of aryl methyl sites for hydroxylation is 3. The Morgan fingerprint density at radius 2 is 2.06 bits per heavy atom. The Kier molecular flexibility index (Phi) is 6.69. The normalized spacial score (nSPS) is 23.3. The number of carbonyl (C=O) groups is 3. The molecule has 3 heterocycles. The van der Waals surface area contributed by atoms with Crippen molar-refractivity contribution in [3.63, 3.8) is 0 Å². The highest BCUT2D eigenvalue weighted by molar-refractivity contribution is 5.92. The van der Waals surface area contributed by atoms with Crippen molar-refractivity contribution in [3.05, 3.63) is 34.6 Å². The van der Waals surface area contributed by atoms with Crippen LogP contribution >= 0.6 is 0 Å². The van der Waals surface area contributed by atoms with Crippen molar-refractivity contribution in [2.24, 2.45) is 5.41 Å². The molecule has 1 aromatic carbocycles. The Morgan fingerprint density at radius 1 is 1.35 bits per heavy atom. The first kappa shape index (κ1) is 22.8. The number of aliphatic hydroxyl groups is 1. The van der Waals surface area contributed by atoms with Crippen LogP contribution in [0.1, 0.15) is 41.5 Å². The van der Waals surface area contributed by atoms with Crippen LogP contribution in [0.2, 0.25) is 0 Å². The number of hydrogen-bond acceptors (Lipinski definition) is 5. The minimum atomic E-state index is -0.867. The monoisotopic (exact) mass is 430 g/mol. The van der Waals surface area contributed by atoms with Gasteiger partial charge in [-0.25, -0.2) is 0 Å². The molecular formula is C23H30N2O6. The molecule has 8 nitrogen and oxygen atoms in total. The lowest BCUT2D eigenvalue weighted by Gasteiger charge is -2.46. The molecule has 2 atom stereocenters. The van der Waals surface area contributed by atoms with Crippen molar-refractivity contribution in [1.29, 1.82) is 0 Å². The molecule has 1 spiro atoms. The van der Waals surface area contributed by atoms with Gasteiger partial charge in [-0.3, -0.25) is 14.4 Å². The first-order chi connectivity index (χ1) is 14.7. The number of nitrogens with zero attached hydrogens (tertiary/aromatic N) is 1. The van der Waals surface area contributed by atoms with E-state index in [1.165, 1.54) is 5.56 Å². The first-order valence-electron chi connectivity index (χ1n) is 10.5. The SMILES string of the molecule is Cc1cc(C)c2c(CC(=O)N3CC[C@H](O)[C@@]4(CCCNC4=O)C3)coc2c1C.O=CO. The second-order valence-electron chi connectivity index (χ2n) is 8.52. The molecule has 0 bridgehead atoms. The standard InChI is InChI=1S/C22H28N2O4.CH2O2/c1-13-9-14(2)19-16(11-28-20(19)15(13)3)10-18(26)24-8-5-17(25)22(12-24)6-4-7-23-21(22)27;2-1-3/h9,11,17,25H,4-8,10,12H2,1-3H3,(H,23,27);1H,(H,2,3)/t17-,22+;/m0./s1. The molecule has 0 radical (unpaired) electrons. The second-order valence-corrected chi connectivity index (χ2v) is 8.52. The number of benzene rings is 1. The van der Waals surface area contributed by atoms with Crippen molar-refractivity contribution in [1.82, 2.24) is 10.2 Å². The van der Waals surface area contributed by atoms with Crippen LogP contribution in [0.5, 0.6) is 0 Å². The zero-order valence-corrected chi connectivity index (χ0v) is 18.2. The summed E-state index contributed by atoms with van der Waals surface area (Å²) in [5.41, 5.74) is 4.23. The summed E-state index contributed by atoms with van der Waals surface area (Å²) in [6, 6.07) is 2.12. The van der Waals surface area contributed by atoms with Gasteiger partial charge in [-0.15, -0.1) is 0 Å². The number of amides is 2. The number of carboxylic acid groups (broad SMARTS) is 1. The quantitative estimate of drug-likeness (QED) is 0.628. The van der Waals surface area contributed by atoms with Gasteiger partial charge in [-0.1, -0.05) is 6.07 Å². The van der Waals surface area contributed by atoms with Gasteiger partial charge >= 0.3 is 0 Å². The van der Waals surface area contributed by atoms with E-state index in [1.807, 2.05) is 13.8 Å². The highest BCUT2D eigenvalue weighted by atomic mass is 16.3. The maximum atomic E-state index is 13.1. The van der Waals surface area contributed by atoms with E-state index in [2.05, 4.69) is 18.3 Å². The highest BCUT2D eigenvalue weighted by Crippen LogP contribution is 2.38. The Labute approximate surface area is 181 Å². The maximum absolute atomic E-state index is 13.1. The third-order valence-corrected chi connectivity index (χ3v) is 6.64. The lowest BCUT2D eigenvalue weighted by Crippen LogP contribution is -2.62. The fraction of sp³-hybridized carbons (Fsp3) is 0.522. The summed E-state index contributed by atoms with van der Waals surface area (Å²) in [5.74, 6) is -0.149. The van der Waals surface area contributed by atoms with Crippen LogP contribution in [-0.4, -0.2) is 59.1 Å². The molecule has 2 saturated heterocycles. The van der Waals surface area contributed by atoms with Crippen molar-refractivity contribution in [2.45, 2.75) is 52.6 Å². The van der Waals surface area contributed by atoms with E-state index in [-0.39, 0.29) is 31.3 Å². The summed E-state index contributed by atoms with van der Waals surface area (Å²) >= 11 is 0. The molecule has 2 amide bonds. The van der Waals surface area contributed by atoms with E-state index >= 15 is 0 Å². The van der Waals surface area contributed by atoms with Gasteiger partial charge in [-0.05, 0) is 56.7 Å². The number of aliphatic hydroxyl groups excluding tert-OH is 1. The molecule has 0 saturated carbocycles. The highest BCUT2D eigenvalue weighted by Gasteiger charge is 2.50. The van der Waals surface area contributed by atoms with Crippen molar-refractivity contribution < 1.29 is 29.0 Å². The van der Waals surface area contributed by atoms with Gasteiger partial charge in [0.1, 0.15) is 5.58 Å². The average molecular weight is 431 g/mol. The molecule has 8 heteroatoms. The number of piperidine rings is 2. The third kappa shape index (κ3) is 4.17. The maximum Gasteiger partial charge on any atom is 0.290 e. The van der Waals surface area contributed by atoms with E-state index in [1.54, 1.807) is 11.2 Å². The topological polar surface area (TPSA) is 120 Å². The van der Waals surface area contributed by atoms with Gasteiger partial charge in [0, 0.05) is 30.6 Å². The Morgan fingerprint density at radius 3 is 2.74 bits per heavy atom. The Bertz CT molecular complexity index is 998. The molecule has 2 aliphatic heterocycles. The fourth-order valence-electron chi connectivity index (χ4n) is 4.85. The van der Waals surface area contributed by atoms with E-state index in [9.17, 15) is 14.7 Å². The number of likely N-dealkylation sites (tertiary alicyclic amines) is 1. The summed E-state index contributed by atoms with van der Waals surface area (Å²) in [6.45, 7) is 7.28. The van der Waals surface area contributed by atoms with E-state index in [0.717, 1.165) is 34.1 Å². The van der Waals surface area contributed by atoms with E-state index < -0.39 is 11.5 Å². The lowest BCUT2D eigenvalue weighted by atomic mass is 9.71. The molecular weight excluding hydrogens is 400 g/mol. The molecule has 0 aliphatic carbocycles. The molecule has 3 N–H and O–H groups in total. The molecule has 4 rings (SSSR count). The van der Waals surface area contributed by atoms with Crippen molar-refractivity contribution in [2.75, 3.05) is 19.6 Å². The van der Waals surface area contributed by atoms with Gasteiger partial charge < -0.3 is 24.8 Å². The van der Waals surface area contributed by atoms with Crippen LogP contribution in [0.4, 0.5) is 0 Å². The second kappa shape index (κ2) is 9.09. The summed E-state index contributed by atoms with van der Waals surface area (Å²) in [5, 5.41) is 21.3. The van der Waals surface area contributed by atoms with Gasteiger partial charge in [0.05, 0.1) is 24.2 Å². The molecule has 0 unspecified atom stereocenters. The third-order valence-electron chi connectivity index (χ3n) is 6.64. The number of fused-ring (bicyclic) bond motifs is 1.